The van der Waals surface area contributed by atoms with E-state index in [1.807, 2.05) is 20.8 Å². The number of carbonyl (C=O) groups is 2. The molecular formula is C15H24N2O2S. The third-order valence-electron chi connectivity index (χ3n) is 5.30. The molecule has 0 radical (unpaired) electrons. The third-order valence-corrected chi connectivity index (χ3v) is 5.68. The molecule has 1 heterocycles. The van der Waals surface area contributed by atoms with Crippen LogP contribution in [0.3, 0.4) is 0 Å². The number of amides is 2. The Morgan fingerprint density at radius 3 is 2.20 bits per heavy atom. The average Bonchev–Trinajstić information content (AvgIpc) is 2.62. The number of nitrogens with zero attached hydrogens (tertiary/aromatic N) is 1. The predicted molar refractivity (Wildman–Crippen MR) is 82.0 cm³/mol. The van der Waals surface area contributed by atoms with Crippen molar-refractivity contribution in [3.63, 3.8) is 0 Å². The normalized spacial score (nSPS) is 30.1. The van der Waals surface area contributed by atoms with Crippen molar-refractivity contribution < 1.29 is 9.59 Å². The largest absolute Gasteiger partial charge is 0.391 e. The molecule has 1 aliphatic carbocycles. The van der Waals surface area contributed by atoms with Crippen LogP contribution >= 0.6 is 12.2 Å². The molecule has 1 saturated carbocycles. The van der Waals surface area contributed by atoms with Gasteiger partial charge in [0.25, 0.3) is 0 Å². The van der Waals surface area contributed by atoms with Crippen molar-refractivity contribution in [3.8, 4) is 0 Å². The second-order valence-electron chi connectivity index (χ2n) is 6.74. The topological polar surface area (TPSA) is 63.4 Å². The van der Waals surface area contributed by atoms with Crippen molar-refractivity contribution in [1.82, 2.24) is 4.90 Å². The highest BCUT2D eigenvalue weighted by Gasteiger charge is 2.57. The molecule has 20 heavy (non-hydrogen) atoms. The number of imide groups is 1. The Morgan fingerprint density at radius 2 is 1.80 bits per heavy atom. The number of nitrogens with two attached hydrogens (primary N) is 1. The molecule has 5 heteroatoms. The van der Waals surface area contributed by atoms with Gasteiger partial charge in [-0.1, -0.05) is 45.3 Å². The van der Waals surface area contributed by atoms with Crippen molar-refractivity contribution in [2.24, 2.45) is 17.1 Å². The SMILES string of the molecule is CC(C)C1(C)CC(=O)N(C2(C(N)=S)CCCCC2)C1=O. The predicted octanol–water partition coefficient (Wildman–Crippen LogP) is 2.40. The summed E-state index contributed by atoms with van der Waals surface area (Å²) < 4.78 is 0. The van der Waals surface area contributed by atoms with Crippen LogP contribution in [-0.2, 0) is 9.59 Å². The Labute approximate surface area is 126 Å². The molecule has 2 aliphatic rings. The Morgan fingerprint density at radius 1 is 1.25 bits per heavy atom. The standard InChI is InChI=1S/C15H24N2O2S/c1-10(2)14(3)9-11(18)17(13(14)19)15(12(16)20)7-5-4-6-8-15/h10H,4-9H2,1-3H3,(H2,16,20). The van der Waals surface area contributed by atoms with E-state index in [0.717, 1.165) is 19.3 Å². The zero-order valence-corrected chi connectivity index (χ0v) is 13.4. The molecule has 0 aromatic rings. The fourth-order valence-corrected chi connectivity index (χ4v) is 3.73. The van der Waals surface area contributed by atoms with Crippen LogP contribution < -0.4 is 5.73 Å². The lowest BCUT2D eigenvalue weighted by atomic mass is 9.76. The van der Waals surface area contributed by atoms with Gasteiger partial charge in [-0.3, -0.25) is 14.5 Å². The molecule has 1 saturated heterocycles. The van der Waals surface area contributed by atoms with Gasteiger partial charge in [-0.15, -0.1) is 0 Å². The summed E-state index contributed by atoms with van der Waals surface area (Å²) >= 11 is 5.24. The minimum atomic E-state index is -0.714. The van der Waals surface area contributed by atoms with Crippen LogP contribution in [0.2, 0.25) is 0 Å². The van der Waals surface area contributed by atoms with Crippen LogP contribution in [0, 0.1) is 11.3 Å². The van der Waals surface area contributed by atoms with Gasteiger partial charge < -0.3 is 5.73 Å². The average molecular weight is 296 g/mol. The molecule has 2 fully saturated rings. The van der Waals surface area contributed by atoms with Crippen molar-refractivity contribution in [3.05, 3.63) is 0 Å². The third kappa shape index (κ3) is 2.07. The highest BCUT2D eigenvalue weighted by molar-refractivity contribution is 7.80. The zero-order chi connectivity index (χ0) is 15.1. The van der Waals surface area contributed by atoms with Crippen LogP contribution in [-0.4, -0.2) is 27.2 Å². The Balaban J connectivity index is 2.42. The molecule has 0 aromatic heterocycles. The lowest BCUT2D eigenvalue weighted by molar-refractivity contribution is -0.147. The maximum Gasteiger partial charge on any atom is 0.236 e. The number of hydrogen-bond acceptors (Lipinski definition) is 3. The maximum absolute atomic E-state index is 12.9. The molecule has 112 valence electrons. The van der Waals surface area contributed by atoms with E-state index in [-0.39, 0.29) is 24.2 Å². The summed E-state index contributed by atoms with van der Waals surface area (Å²) in [5.41, 5.74) is 4.62. The monoisotopic (exact) mass is 296 g/mol. The number of thiocarbonyl (C=S) groups is 1. The fourth-order valence-electron chi connectivity index (χ4n) is 3.44. The van der Waals surface area contributed by atoms with Gasteiger partial charge in [-0.2, -0.15) is 0 Å². The first-order chi connectivity index (χ1) is 9.25. The molecule has 4 nitrogen and oxygen atoms in total. The van der Waals surface area contributed by atoms with Gasteiger partial charge in [0.1, 0.15) is 5.54 Å². The molecule has 0 aromatic carbocycles. The first kappa shape index (κ1) is 15.4. The number of rotatable bonds is 3. The summed E-state index contributed by atoms with van der Waals surface area (Å²) in [4.78, 5) is 27.1. The van der Waals surface area contributed by atoms with E-state index in [0.29, 0.717) is 17.8 Å². The van der Waals surface area contributed by atoms with E-state index in [1.54, 1.807) is 0 Å². The lowest BCUT2D eigenvalue weighted by Gasteiger charge is -2.43. The lowest BCUT2D eigenvalue weighted by Crippen LogP contribution is -2.60. The van der Waals surface area contributed by atoms with Gasteiger partial charge in [0.15, 0.2) is 0 Å². The Kier molecular flexibility index (Phi) is 3.93. The molecule has 2 amide bonds. The van der Waals surface area contributed by atoms with Crippen molar-refractivity contribution in [2.75, 3.05) is 0 Å². The van der Waals surface area contributed by atoms with Crippen LogP contribution in [0.5, 0.6) is 0 Å². The van der Waals surface area contributed by atoms with Gasteiger partial charge in [-0.25, -0.2) is 0 Å². The molecule has 0 spiro atoms. The summed E-state index contributed by atoms with van der Waals surface area (Å²) in [6.45, 7) is 5.86. The Hall–Kier alpha value is -0.970. The second-order valence-corrected chi connectivity index (χ2v) is 7.18. The Bertz CT molecular complexity index is 455. The van der Waals surface area contributed by atoms with Gasteiger partial charge >= 0.3 is 0 Å². The molecule has 0 bridgehead atoms. The van der Waals surface area contributed by atoms with Gasteiger partial charge in [0.2, 0.25) is 11.8 Å². The van der Waals surface area contributed by atoms with E-state index in [2.05, 4.69) is 0 Å². The minimum absolute atomic E-state index is 0.0906. The second kappa shape index (κ2) is 5.10. The van der Waals surface area contributed by atoms with E-state index in [4.69, 9.17) is 18.0 Å². The zero-order valence-electron chi connectivity index (χ0n) is 12.6. The van der Waals surface area contributed by atoms with Crippen LogP contribution in [0.4, 0.5) is 0 Å². The number of hydrogen-bond donors (Lipinski definition) is 1. The number of carbonyl (C=O) groups excluding carboxylic acids is 2. The molecule has 1 atom stereocenters. The maximum atomic E-state index is 12.9. The first-order valence-electron chi connectivity index (χ1n) is 7.43. The summed E-state index contributed by atoms with van der Waals surface area (Å²) in [6, 6.07) is 0. The van der Waals surface area contributed by atoms with E-state index < -0.39 is 11.0 Å². The summed E-state index contributed by atoms with van der Waals surface area (Å²) in [5.74, 6) is -0.0796. The summed E-state index contributed by atoms with van der Waals surface area (Å²) in [5, 5.41) is 0. The first-order valence-corrected chi connectivity index (χ1v) is 7.84. The summed E-state index contributed by atoms with van der Waals surface area (Å²) in [7, 11) is 0. The smallest absolute Gasteiger partial charge is 0.236 e. The highest BCUT2D eigenvalue weighted by Crippen LogP contribution is 2.45. The molecular weight excluding hydrogens is 272 g/mol. The van der Waals surface area contributed by atoms with E-state index >= 15 is 0 Å². The molecule has 1 aliphatic heterocycles. The molecule has 2 N–H and O–H groups in total. The van der Waals surface area contributed by atoms with Crippen molar-refractivity contribution in [1.29, 1.82) is 0 Å². The quantitative estimate of drug-likeness (QED) is 0.641. The van der Waals surface area contributed by atoms with Crippen LogP contribution in [0.1, 0.15) is 59.3 Å². The highest BCUT2D eigenvalue weighted by atomic mass is 32.1. The number of likely N-dealkylation sites (tertiary alicyclic amines) is 1. The summed E-state index contributed by atoms with van der Waals surface area (Å²) in [6.07, 6.45) is 4.75. The van der Waals surface area contributed by atoms with Crippen LogP contribution in [0.15, 0.2) is 0 Å². The van der Waals surface area contributed by atoms with Crippen LogP contribution in [0.25, 0.3) is 0 Å². The van der Waals surface area contributed by atoms with Gasteiger partial charge in [-0.05, 0) is 25.7 Å². The van der Waals surface area contributed by atoms with Crippen molar-refractivity contribution in [2.45, 2.75) is 64.8 Å². The van der Waals surface area contributed by atoms with Gasteiger partial charge in [0, 0.05) is 6.42 Å². The van der Waals surface area contributed by atoms with Gasteiger partial charge in [0.05, 0.1) is 10.4 Å². The van der Waals surface area contributed by atoms with E-state index in [1.165, 1.54) is 4.90 Å². The van der Waals surface area contributed by atoms with Crippen molar-refractivity contribution >= 4 is 29.0 Å². The fraction of sp³-hybridized carbons (Fsp3) is 0.800. The molecule has 1 unspecified atom stereocenters. The molecule has 2 rings (SSSR count). The minimum Gasteiger partial charge on any atom is -0.391 e. The van der Waals surface area contributed by atoms with E-state index in [9.17, 15) is 9.59 Å².